The fourth-order valence-corrected chi connectivity index (χ4v) is 3.85. The Morgan fingerprint density at radius 1 is 0.935 bits per heavy atom. The van der Waals surface area contributed by atoms with Crippen LogP contribution < -0.4 is 0 Å². The van der Waals surface area contributed by atoms with Gasteiger partial charge >= 0.3 is 0 Å². The first kappa shape index (κ1) is 21.2. The number of hydrogen-bond acceptors (Lipinski definition) is 5. The van der Waals surface area contributed by atoms with E-state index in [1.54, 1.807) is 0 Å². The first-order valence-corrected chi connectivity index (χ1v) is 11.0. The van der Waals surface area contributed by atoms with E-state index in [-0.39, 0.29) is 12.0 Å². The second-order valence-electron chi connectivity index (χ2n) is 7.98. The Balaban J connectivity index is 1.20. The maximum atomic E-state index is 12.7. The minimum Gasteiger partial charge on any atom is -0.425 e. The second-order valence-corrected chi connectivity index (χ2v) is 7.98. The molecule has 1 saturated heterocycles. The highest BCUT2D eigenvalue weighted by Gasteiger charge is 2.24. The molecule has 4 rings (SSSR count). The van der Waals surface area contributed by atoms with E-state index in [4.69, 9.17) is 9.15 Å². The fourth-order valence-electron chi connectivity index (χ4n) is 3.85. The largest absolute Gasteiger partial charge is 0.425 e. The third-order valence-electron chi connectivity index (χ3n) is 5.59. The summed E-state index contributed by atoms with van der Waals surface area (Å²) in [6.45, 7) is 2.02. The average Bonchev–Trinajstić information content (AvgIpc) is 3.29. The summed E-state index contributed by atoms with van der Waals surface area (Å²) < 4.78 is 11.8. The number of aromatic nitrogens is 2. The van der Waals surface area contributed by atoms with Crippen molar-refractivity contribution in [2.75, 3.05) is 13.1 Å². The minimum absolute atomic E-state index is 0.0888. The van der Waals surface area contributed by atoms with Gasteiger partial charge in [-0.05, 0) is 30.4 Å². The lowest BCUT2D eigenvalue weighted by molar-refractivity contribution is -0.135. The molecule has 1 aliphatic heterocycles. The van der Waals surface area contributed by atoms with E-state index in [0.29, 0.717) is 44.2 Å². The van der Waals surface area contributed by atoms with E-state index in [1.165, 1.54) is 5.56 Å². The topological polar surface area (TPSA) is 68.5 Å². The molecule has 0 saturated carbocycles. The Labute approximate surface area is 183 Å². The molecule has 1 fully saturated rings. The molecule has 1 atom stereocenters. The summed E-state index contributed by atoms with van der Waals surface area (Å²) >= 11 is 0. The van der Waals surface area contributed by atoms with Crippen LogP contribution in [0.4, 0.5) is 0 Å². The molecule has 0 N–H and O–H groups in total. The number of aryl methyl sites for hydroxylation is 3. The molecule has 6 heteroatoms. The van der Waals surface area contributed by atoms with Crippen LogP contribution in [0, 0.1) is 0 Å². The van der Waals surface area contributed by atoms with Gasteiger partial charge in [-0.2, -0.15) is 0 Å². The number of hydrogen-bond donors (Lipinski definition) is 0. The first-order chi connectivity index (χ1) is 15.3. The van der Waals surface area contributed by atoms with E-state index in [1.807, 2.05) is 41.3 Å². The zero-order chi connectivity index (χ0) is 21.3. The molecule has 1 aromatic heterocycles. The highest BCUT2D eigenvalue weighted by atomic mass is 16.5. The van der Waals surface area contributed by atoms with Gasteiger partial charge in [0, 0.05) is 32.4 Å². The van der Waals surface area contributed by atoms with Gasteiger partial charge in [0.2, 0.25) is 17.7 Å². The molecule has 6 nitrogen and oxygen atoms in total. The maximum Gasteiger partial charge on any atom is 0.223 e. The SMILES string of the molecule is O=C(CCc1nnc(CCc2ccccc2)o1)N1CCCC(OCc2ccccc2)C1. The molecule has 2 heterocycles. The molecular weight excluding hydrogens is 390 g/mol. The molecule has 1 aliphatic rings. The van der Waals surface area contributed by atoms with Crippen LogP contribution in [-0.4, -0.2) is 40.2 Å². The lowest BCUT2D eigenvalue weighted by Gasteiger charge is -2.32. The Hall–Kier alpha value is -2.99. The monoisotopic (exact) mass is 419 g/mol. The second kappa shape index (κ2) is 10.9. The summed E-state index contributed by atoms with van der Waals surface area (Å²) in [7, 11) is 0. The van der Waals surface area contributed by atoms with Crippen molar-refractivity contribution in [3.8, 4) is 0 Å². The zero-order valence-corrected chi connectivity index (χ0v) is 17.8. The number of rotatable bonds is 9. The van der Waals surface area contributed by atoms with Crippen molar-refractivity contribution in [3.05, 3.63) is 83.6 Å². The van der Waals surface area contributed by atoms with E-state index >= 15 is 0 Å². The summed E-state index contributed by atoms with van der Waals surface area (Å²) in [5.41, 5.74) is 2.40. The molecule has 3 aromatic rings. The maximum absolute atomic E-state index is 12.7. The fraction of sp³-hybridized carbons (Fsp3) is 0.400. The molecule has 0 radical (unpaired) electrons. The van der Waals surface area contributed by atoms with Gasteiger partial charge in [-0.25, -0.2) is 0 Å². The highest BCUT2D eigenvalue weighted by Crippen LogP contribution is 2.17. The van der Waals surface area contributed by atoms with Crippen LogP contribution >= 0.6 is 0 Å². The molecule has 31 heavy (non-hydrogen) atoms. The third kappa shape index (κ3) is 6.49. The van der Waals surface area contributed by atoms with Crippen LogP contribution in [0.1, 0.15) is 42.2 Å². The van der Waals surface area contributed by atoms with Gasteiger partial charge in [-0.15, -0.1) is 10.2 Å². The summed E-state index contributed by atoms with van der Waals surface area (Å²) in [5, 5.41) is 8.24. The predicted molar refractivity (Wildman–Crippen MR) is 117 cm³/mol. The third-order valence-corrected chi connectivity index (χ3v) is 5.59. The number of likely N-dealkylation sites (tertiary alicyclic amines) is 1. The van der Waals surface area contributed by atoms with E-state index < -0.39 is 0 Å². The van der Waals surface area contributed by atoms with Crippen molar-refractivity contribution < 1.29 is 13.9 Å². The molecule has 0 spiro atoms. The van der Waals surface area contributed by atoms with Gasteiger partial charge in [0.1, 0.15) is 0 Å². The van der Waals surface area contributed by atoms with Crippen LogP contribution in [0.15, 0.2) is 65.1 Å². The van der Waals surface area contributed by atoms with Crippen LogP contribution in [0.2, 0.25) is 0 Å². The summed E-state index contributed by atoms with van der Waals surface area (Å²) in [5.74, 6) is 1.28. The average molecular weight is 420 g/mol. The molecule has 0 aliphatic carbocycles. The highest BCUT2D eigenvalue weighted by molar-refractivity contribution is 5.76. The predicted octanol–water partition coefficient (Wildman–Crippen LogP) is 4.00. The summed E-state index contributed by atoms with van der Waals surface area (Å²) in [4.78, 5) is 14.6. The first-order valence-electron chi connectivity index (χ1n) is 11.0. The molecule has 0 bridgehead atoms. The number of carbonyl (C=O) groups excluding carboxylic acids is 1. The van der Waals surface area contributed by atoms with Gasteiger partial charge in [0.05, 0.1) is 12.7 Å². The Bertz CT molecular complexity index is 943. The summed E-state index contributed by atoms with van der Waals surface area (Å²) in [6.07, 6.45) is 4.47. The number of ether oxygens (including phenoxy) is 1. The standard InChI is InChI=1S/C25H29N3O3/c29-25(28-17-7-12-22(18-28)30-19-21-10-5-2-6-11-21)16-15-24-27-26-23(31-24)14-13-20-8-3-1-4-9-20/h1-6,8-11,22H,7,12-19H2. The van der Waals surface area contributed by atoms with Gasteiger partial charge < -0.3 is 14.1 Å². The van der Waals surface area contributed by atoms with Crippen LogP contribution in [0.3, 0.4) is 0 Å². The quantitative estimate of drug-likeness (QED) is 0.524. The van der Waals surface area contributed by atoms with Crippen molar-refractivity contribution in [3.63, 3.8) is 0 Å². The van der Waals surface area contributed by atoms with Crippen molar-refractivity contribution in [2.45, 2.75) is 51.2 Å². The van der Waals surface area contributed by atoms with Crippen molar-refractivity contribution in [1.29, 1.82) is 0 Å². The van der Waals surface area contributed by atoms with Gasteiger partial charge in [0.15, 0.2) is 0 Å². The van der Waals surface area contributed by atoms with Crippen molar-refractivity contribution >= 4 is 5.91 Å². The van der Waals surface area contributed by atoms with E-state index in [9.17, 15) is 4.79 Å². The molecule has 1 unspecified atom stereocenters. The molecule has 2 aromatic carbocycles. The Morgan fingerprint density at radius 3 is 2.35 bits per heavy atom. The number of nitrogens with zero attached hydrogens (tertiary/aromatic N) is 3. The van der Waals surface area contributed by atoms with Crippen LogP contribution in [0.25, 0.3) is 0 Å². The molecule has 1 amide bonds. The number of piperidine rings is 1. The van der Waals surface area contributed by atoms with E-state index in [2.05, 4.69) is 34.5 Å². The Morgan fingerprint density at radius 2 is 1.61 bits per heavy atom. The van der Waals surface area contributed by atoms with Gasteiger partial charge in [0.25, 0.3) is 0 Å². The number of benzene rings is 2. The lowest BCUT2D eigenvalue weighted by atomic mass is 10.1. The van der Waals surface area contributed by atoms with Gasteiger partial charge in [-0.1, -0.05) is 60.7 Å². The van der Waals surface area contributed by atoms with Crippen molar-refractivity contribution in [1.82, 2.24) is 15.1 Å². The smallest absolute Gasteiger partial charge is 0.223 e. The van der Waals surface area contributed by atoms with Crippen LogP contribution in [-0.2, 0) is 35.4 Å². The lowest BCUT2D eigenvalue weighted by Crippen LogP contribution is -2.43. The Kier molecular flexibility index (Phi) is 7.45. The number of carbonyl (C=O) groups is 1. The van der Waals surface area contributed by atoms with Crippen molar-refractivity contribution in [2.24, 2.45) is 0 Å². The molecular formula is C25H29N3O3. The number of amides is 1. The van der Waals surface area contributed by atoms with E-state index in [0.717, 1.165) is 31.4 Å². The zero-order valence-electron chi connectivity index (χ0n) is 17.8. The summed E-state index contributed by atoms with van der Waals surface area (Å²) in [6, 6.07) is 20.4. The van der Waals surface area contributed by atoms with Crippen LogP contribution in [0.5, 0.6) is 0 Å². The normalized spacial score (nSPS) is 16.4. The van der Waals surface area contributed by atoms with Gasteiger partial charge in [-0.3, -0.25) is 4.79 Å². The molecule has 162 valence electrons. The minimum atomic E-state index is 0.0888.